The predicted molar refractivity (Wildman–Crippen MR) is 92.2 cm³/mol. The van der Waals surface area contributed by atoms with Gasteiger partial charge in [-0.2, -0.15) is 5.11 Å². The molecule has 0 bridgehead atoms. The number of nitrogens with zero attached hydrogens (tertiary/aromatic N) is 2. The second-order valence-electron chi connectivity index (χ2n) is 5.74. The quantitative estimate of drug-likeness (QED) is 0.345. The van der Waals surface area contributed by atoms with Crippen LogP contribution in [-0.2, 0) is 27.2 Å². The van der Waals surface area contributed by atoms with E-state index in [1.807, 2.05) is 0 Å². The molecule has 3 aromatic carbocycles. The van der Waals surface area contributed by atoms with E-state index in [-0.39, 0.29) is 29.9 Å². The van der Waals surface area contributed by atoms with Crippen LogP contribution in [0.2, 0.25) is 0 Å². The Bertz CT molecular complexity index is 1210. The molecule has 0 spiro atoms. The zero-order valence-electron chi connectivity index (χ0n) is 15.2. The number of aromatic carboxylic acids is 1. The van der Waals surface area contributed by atoms with Crippen molar-refractivity contribution in [1.82, 2.24) is 0 Å². The van der Waals surface area contributed by atoms with Crippen molar-refractivity contribution < 1.29 is 46.5 Å². The van der Waals surface area contributed by atoms with Gasteiger partial charge in [-0.15, -0.1) is 5.11 Å². The van der Waals surface area contributed by atoms with Gasteiger partial charge in [0.1, 0.15) is 15.8 Å². The fourth-order valence-electron chi connectivity index (χ4n) is 2.57. The van der Waals surface area contributed by atoms with Crippen molar-refractivity contribution in [1.29, 1.82) is 0 Å². The average Bonchev–Trinajstić information content (AvgIpc) is 2.60. The minimum atomic E-state index is -4.82. The minimum Gasteiger partial charge on any atom is -0.871 e. The summed E-state index contributed by atoms with van der Waals surface area (Å²) in [4.78, 5) is 10.6. The zero-order valence-corrected chi connectivity index (χ0v) is 16.2. The van der Waals surface area contributed by atoms with Gasteiger partial charge in [-0.25, -0.2) is 8.42 Å². The number of fused-ring (bicyclic) bond motifs is 1. The van der Waals surface area contributed by atoms with Gasteiger partial charge in [0.25, 0.3) is 0 Å². The van der Waals surface area contributed by atoms with Crippen molar-refractivity contribution in [2.24, 2.45) is 10.2 Å². The van der Waals surface area contributed by atoms with Crippen LogP contribution in [0.1, 0.15) is 17.3 Å². The molecule has 3 aromatic rings. The summed E-state index contributed by atoms with van der Waals surface area (Å²) in [5, 5.41) is 31.9. The number of hydrogen-bond donors (Lipinski definition) is 0. The summed E-state index contributed by atoms with van der Waals surface area (Å²) in [5.74, 6) is -2.59. The first kappa shape index (κ1) is 21.5. The predicted octanol–water partition coefficient (Wildman–Crippen LogP) is 2.01. The zero-order chi connectivity index (χ0) is 19.8. The summed E-state index contributed by atoms with van der Waals surface area (Å²) in [6.45, 7) is 1.60. The molecule has 0 unspecified atom stereocenters. The normalized spacial score (nSPS) is 11.5. The Hall–Kier alpha value is -2.78. The number of carbonyl (C=O) groups excluding carboxylic acids is 1. The first-order chi connectivity index (χ1) is 12.7. The Morgan fingerprint density at radius 2 is 1.75 bits per heavy atom. The van der Waals surface area contributed by atoms with Crippen molar-refractivity contribution >= 4 is 38.2 Å². The number of carboxylic acids is 1. The molecule has 0 N–H and O–H groups in total. The van der Waals surface area contributed by atoms with E-state index in [9.17, 15) is 28.0 Å². The van der Waals surface area contributed by atoms with Gasteiger partial charge in [0.05, 0.1) is 16.6 Å². The van der Waals surface area contributed by atoms with E-state index >= 15 is 0 Å². The molecule has 10 heteroatoms. The molecule has 0 saturated carbocycles. The summed E-state index contributed by atoms with van der Waals surface area (Å²) in [7, 11) is -4.82. The molecule has 0 heterocycles. The van der Waals surface area contributed by atoms with Gasteiger partial charge in [-0.1, -0.05) is 36.1 Å². The van der Waals surface area contributed by atoms with Gasteiger partial charge in [-0.05, 0) is 41.6 Å². The van der Waals surface area contributed by atoms with Crippen LogP contribution in [0.4, 0.5) is 11.4 Å². The number of hydrogen-bond acceptors (Lipinski definition) is 8. The summed E-state index contributed by atoms with van der Waals surface area (Å²) in [6, 6.07) is 11.5. The first-order valence-electron chi connectivity index (χ1n) is 7.61. The smallest absolute Gasteiger partial charge is 0.871 e. The van der Waals surface area contributed by atoms with E-state index in [1.165, 1.54) is 18.2 Å². The second-order valence-corrected chi connectivity index (χ2v) is 7.08. The van der Waals surface area contributed by atoms with E-state index in [2.05, 4.69) is 10.2 Å². The van der Waals surface area contributed by atoms with Crippen LogP contribution in [0.15, 0.2) is 63.7 Å². The van der Waals surface area contributed by atoms with Gasteiger partial charge in [0.15, 0.2) is 0 Å². The second kappa shape index (κ2) is 8.07. The van der Waals surface area contributed by atoms with Crippen LogP contribution >= 0.6 is 0 Å². The number of rotatable bonds is 4. The number of benzene rings is 3. The van der Waals surface area contributed by atoms with Crippen molar-refractivity contribution in [2.45, 2.75) is 11.8 Å². The molecule has 0 fully saturated rings. The molecule has 0 amide bonds. The van der Waals surface area contributed by atoms with Gasteiger partial charge in [0.2, 0.25) is 0 Å². The third kappa shape index (κ3) is 4.20. The molecule has 0 aliphatic heterocycles. The molecule has 0 atom stereocenters. The van der Waals surface area contributed by atoms with Crippen molar-refractivity contribution in [3.05, 3.63) is 59.7 Å². The number of carboxylic acid groups (broad SMARTS) is 1. The minimum absolute atomic E-state index is 0. The molecule has 1 radical (unpaired) electrons. The van der Waals surface area contributed by atoms with E-state index < -0.39 is 32.3 Å². The summed E-state index contributed by atoms with van der Waals surface area (Å²) >= 11 is 0. The third-order valence-corrected chi connectivity index (χ3v) is 4.70. The summed E-state index contributed by atoms with van der Waals surface area (Å²) in [6.07, 6.45) is 0. The summed E-state index contributed by atoms with van der Waals surface area (Å²) < 4.78 is 34.3. The van der Waals surface area contributed by atoms with Crippen LogP contribution in [0, 0.1) is 6.92 Å². The Morgan fingerprint density at radius 3 is 2.39 bits per heavy atom. The number of aryl methyl sites for hydroxylation is 1. The van der Waals surface area contributed by atoms with Crippen LogP contribution in [0.25, 0.3) is 10.8 Å². The van der Waals surface area contributed by atoms with E-state index in [0.29, 0.717) is 16.3 Å². The maximum Gasteiger partial charge on any atom is 2.00 e. The van der Waals surface area contributed by atoms with Crippen molar-refractivity contribution in [2.75, 3.05) is 0 Å². The molecule has 3 rings (SSSR count). The first-order valence-corrected chi connectivity index (χ1v) is 9.01. The van der Waals surface area contributed by atoms with Gasteiger partial charge in [-0.3, -0.25) is 0 Å². The van der Waals surface area contributed by atoms with Crippen LogP contribution in [0.5, 0.6) is 5.75 Å². The number of carbonyl (C=O) groups is 1. The Kier molecular flexibility index (Phi) is 6.20. The van der Waals surface area contributed by atoms with Gasteiger partial charge < -0.3 is 19.6 Å². The molecular formula is C18H12MnN2O6S. The summed E-state index contributed by atoms with van der Waals surface area (Å²) in [5.41, 5.74) is -0.611. The van der Waals surface area contributed by atoms with E-state index in [0.717, 1.165) is 6.07 Å². The van der Waals surface area contributed by atoms with Gasteiger partial charge >= 0.3 is 18.5 Å². The van der Waals surface area contributed by atoms with E-state index in [1.54, 1.807) is 31.2 Å². The molecule has 28 heavy (non-hydrogen) atoms. The van der Waals surface area contributed by atoms with Crippen molar-refractivity contribution in [3.63, 3.8) is 0 Å². The standard InChI is InChI=1S/C18H14N2O6S.Mn/c1-10-6-7-14(15(8-10)27(24,25)26)19-20-16-12-5-3-2-4-11(12)9-13(17(16)21)18(22)23;/h2-9,21H,1H3,(H,22,23)(H,24,25,26);/q;+2/p-2. The maximum absolute atomic E-state index is 12.4. The maximum atomic E-state index is 12.4. The molecular weight excluding hydrogens is 427 g/mol. The largest absolute Gasteiger partial charge is 2.00 e. The molecule has 143 valence electrons. The Balaban J connectivity index is 0.00000210. The monoisotopic (exact) mass is 439 g/mol. The van der Waals surface area contributed by atoms with Gasteiger partial charge in [0, 0.05) is 5.39 Å². The Morgan fingerprint density at radius 1 is 1.07 bits per heavy atom. The topological polar surface area (TPSA) is 145 Å². The van der Waals surface area contributed by atoms with Crippen LogP contribution in [0.3, 0.4) is 0 Å². The average molecular weight is 439 g/mol. The molecule has 0 saturated heterocycles. The molecule has 0 aromatic heterocycles. The fourth-order valence-corrected chi connectivity index (χ4v) is 3.26. The molecule has 0 aliphatic rings. The molecule has 8 nitrogen and oxygen atoms in total. The van der Waals surface area contributed by atoms with Crippen molar-refractivity contribution in [3.8, 4) is 5.75 Å². The van der Waals surface area contributed by atoms with Crippen LogP contribution < -0.4 is 10.2 Å². The third-order valence-electron chi connectivity index (χ3n) is 3.84. The van der Waals surface area contributed by atoms with Crippen LogP contribution in [-0.4, -0.2) is 18.9 Å². The molecule has 0 aliphatic carbocycles. The van der Waals surface area contributed by atoms with E-state index in [4.69, 9.17) is 0 Å². The SMILES string of the molecule is Cc1ccc(N=Nc2c([O-])c(C(=O)[O-])cc3ccccc23)c(S(=O)(=O)[O-])c1.[H+].[Mn+2]. The fraction of sp³-hybridized carbons (Fsp3) is 0.0556. The Labute approximate surface area is 172 Å². The number of azo groups is 1.